The number of hydrogen-bond acceptors (Lipinski definition) is 6. The fraction of sp³-hybridized carbons (Fsp3) is 0.450. The molecule has 1 unspecified atom stereocenters. The van der Waals surface area contributed by atoms with Crippen molar-refractivity contribution in [2.75, 3.05) is 34.4 Å². The van der Waals surface area contributed by atoms with Gasteiger partial charge < -0.3 is 30.0 Å². The summed E-state index contributed by atoms with van der Waals surface area (Å²) in [5, 5.41) is 19.1. The van der Waals surface area contributed by atoms with Crippen LogP contribution in [-0.4, -0.2) is 45.5 Å². The molecule has 2 rings (SSSR count). The maximum Gasteiger partial charge on any atom is 0.191 e. The normalized spacial score (nSPS) is 13.6. The lowest BCUT2D eigenvalue weighted by molar-refractivity contribution is 0.0655. The maximum atomic E-state index is 10.7. The molecular formula is C20H29N3O4S. The zero-order valence-corrected chi connectivity index (χ0v) is 17.9. The van der Waals surface area contributed by atoms with E-state index in [4.69, 9.17) is 14.2 Å². The molecule has 0 radical (unpaired) electrons. The number of rotatable bonds is 9. The molecule has 0 bridgehead atoms. The van der Waals surface area contributed by atoms with Gasteiger partial charge in [0.2, 0.25) is 0 Å². The highest BCUT2D eigenvalue weighted by Crippen LogP contribution is 2.34. The van der Waals surface area contributed by atoms with E-state index in [0.717, 1.165) is 10.4 Å². The minimum Gasteiger partial charge on any atom is -0.496 e. The highest BCUT2D eigenvalue weighted by atomic mass is 32.1. The standard InChI is InChI=1S/C20H29N3O4S/c1-6-21-19(23-13-20(2,24)18-8-7-9-28-18)22-12-15-16(26-4)10-14(25-3)11-17(15)27-5/h7-11,24H,6,12-13H2,1-5H3,(H2,21,22,23). The van der Waals surface area contributed by atoms with Crippen molar-refractivity contribution in [3.05, 3.63) is 40.1 Å². The molecule has 2 aromatic rings. The fourth-order valence-electron chi connectivity index (χ4n) is 2.66. The molecule has 3 N–H and O–H groups in total. The molecule has 28 heavy (non-hydrogen) atoms. The molecule has 0 aliphatic carbocycles. The number of benzene rings is 1. The van der Waals surface area contributed by atoms with Crippen LogP contribution in [-0.2, 0) is 12.1 Å². The molecule has 0 spiro atoms. The lowest BCUT2D eigenvalue weighted by atomic mass is 10.1. The third-order valence-corrected chi connectivity index (χ3v) is 5.33. The average Bonchev–Trinajstić information content (AvgIpc) is 3.25. The second kappa shape index (κ2) is 10.2. The monoisotopic (exact) mass is 407 g/mol. The molecule has 0 aliphatic rings. The Morgan fingerprint density at radius 2 is 1.82 bits per heavy atom. The van der Waals surface area contributed by atoms with Crippen molar-refractivity contribution in [3.63, 3.8) is 0 Å². The summed E-state index contributed by atoms with van der Waals surface area (Å²) in [5.41, 5.74) is -0.173. The van der Waals surface area contributed by atoms with Crippen LogP contribution in [0.4, 0.5) is 0 Å². The molecule has 1 aromatic heterocycles. The van der Waals surface area contributed by atoms with Crippen molar-refractivity contribution >= 4 is 17.3 Å². The van der Waals surface area contributed by atoms with Crippen LogP contribution in [0.2, 0.25) is 0 Å². The maximum absolute atomic E-state index is 10.7. The Balaban J connectivity index is 2.18. The van der Waals surface area contributed by atoms with Gasteiger partial charge >= 0.3 is 0 Å². The summed E-state index contributed by atoms with van der Waals surface area (Å²) >= 11 is 1.52. The smallest absolute Gasteiger partial charge is 0.191 e. The largest absolute Gasteiger partial charge is 0.496 e. The van der Waals surface area contributed by atoms with Gasteiger partial charge in [0.25, 0.3) is 0 Å². The van der Waals surface area contributed by atoms with Crippen LogP contribution < -0.4 is 24.8 Å². The van der Waals surface area contributed by atoms with E-state index in [9.17, 15) is 5.11 Å². The van der Waals surface area contributed by atoms with Crippen molar-refractivity contribution in [2.24, 2.45) is 4.99 Å². The van der Waals surface area contributed by atoms with E-state index in [0.29, 0.717) is 42.8 Å². The lowest BCUT2D eigenvalue weighted by Crippen LogP contribution is -2.44. The Kier molecular flexibility index (Phi) is 7.95. The first-order valence-electron chi connectivity index (χ1n) is 9.02. The van der Waals surface area contributed by atoms with Gasteiger partial charge in [0.1, 0.15) is 22.8 Å². The van der Waals surface area contributed by atoms with Gasteiger partial charge in [-0.2, -0.15) is 0 Å². The summed E-state index contributed by atoms with van der Waals surface area (Å²) in [6, 6.07) is 7.45. The zero-order valence-electron chi connectivity index (χ0n) is 17.0. The summed E-state index contributed by atoms with van der Waals surface area (Å²) in [6.45, 7) is 5.14. The number of guanidine groups is 1. The first kappa shape index (κ1) is 21.8. The van der Waals surface area contributed by atoms with Gasteiger partial charge in [-0.15, -0.1) is 11.3 Å². The molecule has 1 heterocycles. The van der Waals surface area contributed by atoms with Crippen LogP contribution >= 0.6 is 11.3 Å². The topological polar surface area (TPSA) is 84.3 Å². The van der Waals surface area contributed by atoms with E-state index in [1.807, 2.05) is 24.4 Å². The number of hydrogen-bond donors (Lipinski definition) is 3. The Bertz CT molecular complexity index is 751. The number of aliphatic imine (C=N–C) groups is 1. The van der Waals surface area contributed by atoms with Gasteiger partial charge in [0.05, 0.1) is 40.0 Å². The zero-order chi connectivity index (χ0) is 20.6. The van der Waals surface area contributed by atoms with E-state index in [2.05, 4.69) is 15.6 Å². The Hall–Kier alpha value is -2.45. The first-order chi connectivity index (χ1) is 13.4. The van der Waals surface area contributed by atoms with Crippen molar-refractivity contribution in [1.29, 1.82) is 0 Å². The minimum absolute atomic E-state index is 0.330. The Labute approximate surface area is 170 Å². The van der Waals surface area contributed by atoms with Crippen LogP contribution in [0.1, 0.15) is 24.3 Å². The van der Waals surface area contributed by atoms with Gasteiger partial charge in [-0.1, -0.05) is 6.07 Å². The van der Waals surface area contributed by atoms with Crippen molar-refractivity contribution < 1.29 is 19.3 Å². The average molecular weight is 408 g/mol. The van der Waals surface area contributed by atoms with Gasteiger partial charge in [-0.05, 0) is 25.3 Å². The van der Waals surface area contributed by atoms with E-state index < -0.39 is 5.60 Å². The molecule has 0 amide bonds. The van der Waals surface area contributed by atoms with Crippen LogP contribution in [0.5, 0.6) is 17.2 Å². The number of nitrogens with zero attached hydrogens (tertiary/aromatic N) is 1. The predicted octanol–water partition coefficient (Wildman–Crippen LogP) is 2.74. The molecule has 0 aliphatic heterocycles. The van der Waals surface area contributed by atoms with Crippen molar-refractivity contribution in [2.45, 2.75) is 26.0 Å². The second-order valence-electron chi connectivity index (χ2n) is 6.31. The molecule has 0 saturated carbocycles. The van der Waals surface area contributed by atoms with Crippen LogP contribution in [0.3, 0.4) is 0 Å². The minimum atomic E-state index is -0.986. The van der Waals surface area contributed by atoms with E-state index in [-0.39, 0.29) is 0 Å². The van der Waals surface area contributed by atoms with Crippen LogP contribution in [0, 0.1) is 0 Å². The summed E-state index contributed by atoms with van der Waals surface area (Å²) in [4.78, 5) is 5.52. The van der Waals surface area contributed by atoms with Crippen molar-refractivity contribution in [3.8, 4) is 17.2 Å². The van der Waals surface area contributed by atoms with Crippen LogP contribution in [0.25, 0.3) is 0 Å². The molecule has 1 atom stereocenters. The summed E-state index contributed by atoms with van der Waals surface area (Å²) in [5.74, 6) is 2.53. The van der Waals surface area contributed by atoms with E-state index in [1.54, 1.807) is 40.4 Å². The SMILES string of the molecule is CCNC(=NCc1c(OC)cc(OC)cc1OC)NCC(C)(O)c1cccs1. The Morgan fingerprint density at radius 1 is 1.14 bits per heavy atom. The first-order valence-corrected chi connectivity index (χ1v) is 9.90. The Morgan fingerprint density at radius 3 is 2.32 bits per heavy atom. The molecule has 1 aromatic carbocycles. The summed E-state index contributed by atoms with van der Waals surface area (Å²) in [7, 11) is 4.80. The van der Waals surface area contributed by atoms with Gasteiger partial charge in [-0.25, -0.2) is 4.99 Å². The molecule has 8 heteroatoms. The molecule has 154 valence electrons. The molecule has 0 saturated heterocycles. The quantitative estimate of drug-likeness (QED) is 0.438. The number of nitrogens with one attached hydrogen (secondary N) is 2. The third kappa shape index (κ3) is 5.53. The molecular weight excluding hydrogens is 378 g/mol. The number of thiophene rings is 1. The van der Waals surface area contributed by atoms with Gasteiger partial charge in [0.15, 0.2) is 5.96 Å². The van der Waals surface area contributed by atoms with E-state index >= 15 is 0 Å². The molecule has 7 nitrogen and oxygen atoms in total. The summed E-state index contributed by atoms with van der Waals surface area (Å²) < 4.78 is 16.2. The van der Waals surface area contributed by atoms with Gasteiger partial charge in [-0.3, -0.25) is 0 Å². The van der Waals surface area contributed by atoms with Crippen molar-refractivity contribution in [1.82, 2.24) is 10.6 Å². The lowest BCUT2D eigenvalue weighted by Gasteiger charge is -2.24. The van der Waals surface area contributed by atoms with Gasteiger partial charge in [0, 0.05) is 23.6 Å². The molecule has 0 fully saturated rings. The number of aliphatic hydroxyl groups is 1. The van der Waals surface area contributed by atoms with E-state index in [1.165, 1.54) is 11.3 Å². The van der Waals surface area contributed by atoms with Crippen LogP contribution in [0.15, 0.2) is 34.6 Å². The fourth-order valence-corrected chi connectivity index (χ4v) is 3.45. The summed E-state index contributed by atoms with van der Waals surface area (Å²) in [6.07, 6.45) is 0. The number of ether oxygens (including phenoxy) is 3. The predicted molar refractivity (Wildman–Crippen MR) is 113 cm³/mol. The highest BCUT2D eigenvalue weighted by Gasteiger charge is 2.24. The third-order valence-electron chi connectivity index (χ3n) is 4.21. The second-order valence-corrected chi connectivity index (χ2v) is 7.26. The number of methoxy groups -OCH3 is 3. The highest BCUT2D eigenvalue weighted by molar-refractivity contribution is 7.10.